The molecule has 2 aromatic heterocycles. The van der Waals surface area contributed by atoms with Crippen LogP contribution in [0.3, 0.4) is 0 Å². The van der Waals surface area contributed by atoms with Gasteiger partial charge in [0, 0.05) is 31.3 Å². The predicted molar refractivity (Wildman–Crippen MR) is 189 cm³/mol. The number of rotatable bonds is 4. The van der Waals surface area contributed by atoms with Crippen molar-refractivity contribution in [1.82, 2.24) is 0 Å². The normalized spacial score (nSPS) is 13.2. The third kappa shape index (κ3) is 3.73. The fourth-order valence-electron chi connectivity index (χ4n) is 7.48. The zero-order valence-corrected chi connectivity index (χ0v) is 25.7. The van der Waals surface area contributed by atoms with Gasteiger partial charge in [-0.3, -0.25) is 0 Å². The lowest BCUT2D eigenvalue weighted by molar-refractivity contribution is 0.475. The van der Waals surface area contributed by atoms with Crippen LogP contribution in [-0.2, 0) is 5.41 Å². The van der Waals surface area contributed by atoms with Crippen LogP contribution in [-0.4, -0.2) is 10.2 Å². The summed E-state index contributed by atoms with van der Waals surface area (Å²) in [7, 11) is 0. The fraction of sp³-hybridized carbons (Fsp3) is 0.0244. The zero-order valence-electron chi connectivity index (χ0n) is 24.1. The number of phenols is 2. The van der Waals surface area contributed by atoms with E-state index in [1.165, 1.54) is 64.7 Å². The summed E-state index contributed by atoms with van der Waals surface area (Å²) in [5.74, 6) is 0.458. The van der Waals surface area contributed by atoms with Gasteiger partial charge in [0.15, 0.2) is 0 Å². The zero-order chi connectivity index (χ0) is 30.1. The van der Waals surface area contributed by atoms with E-state index in [-0.39, 0.29) is 11.5 Å². The number of thiophene rings is 2. The van der Waals surface area contributed by atoms with Crippen molar-refractivity contribution in [2.45, 2.75) is 5.41 Å². The second-order valence-electron chi connectivity index (χ2n) is 11.6. The van der Waals surface area contributed by atoms with Gasteiger partial charge >= 0.3 is 0 Å². The Morgan fingerprint density at radius 1 is 0.378 bits per heavy atom. The van der Waals surface area contributed by atoms with Crippen molar-refractivity contribution < 1.29 is 10.2 Å². The van der Waals surface area contributed by atoms with Crippen molar-refractivity contribution in [2.24, 2.45) is 0 Å². The molecular formula is C41H26O2S2. The average Bonchev–Trinajstić information content (AvgIpc) is 3.79. The number of aromatic hydroxyl groups is 2. The smallest absolute Gasteiger partial charge is 0.115 e. The van der Waals surface area contributed by atoms with Gasteiger partial charge < -0.3 is 10.2 Å². The molecule has 0 radical (unpaired) electrons. The second-order valence-corrected chi connectivity index (χ2v) is 13.4. The quantitative estimate of drug-likeness (QED) is 0.207. The molecule has 0 amide bonds. The van der Waals surface area contributed by atoms with Gasteiger partial charge in [-0.05, 0) is 91.7 Å². The Bertz CT molecular complexity index is 2220. The Morgan fingerprint density at radius 2 is 0.756 bits per heavy atom. The topological polar surface area (TPSA) is 40.5 Å². The monoisotopic (exact) mass is 614 g/mol. The number of phenolic OH excluding ortho intramolecular Hbond substituents is 2. The van der Waals surface area contributed by atoms with Crippen LogP contribution in [0.25, 0.3) is 53.6 Å². The van der Waals surface area contributed by atoms with Crippen LogP contribution in [0.5, 0.6) is 11.5 Å². The number of hydrogen-bond donors (Lipinski definition) is 2. The molecule has 0 saturated heterocycles. The van der Waals surface area contributed by atoms with E-state index in [2.05, 4.69) is 120 Å². The molecule has 9 rings (SSSR count). The van der Waals surface area contributed by atoms with Gasteiger partial charge in [0.25, 0.3) is 0 Å². The summed E-state index contributed by atoms with van der Waals surface area (Å²) >= 11 is 3.54. The van der Waals surface area contributed by atoms with Crippen LogP contribution in [0.1, 0.15) is 22.3 Å². The first-order chi connectivity index (χ1) is 22.1. The van der Waals surface area contributed by atoms with Crippen LogP contribution in [0, 0.1) is 0 Å². The lowest BCUT2D eigenvalue weighted by Gasteiger charge is -2.36. The molecule has 1 aliphatic carbocycles. The highest BCUT2D eigenvalue weighted by Crippen LogP contribution is 2.62. The molecule has 2 nitrogen and oxygen atoms in total. The van der Waals surface area contributed by atoms with Crippen LogP contribution in [0.4, 0.5) is 0 Å². The highest BCUT2D eigenvalue weighted by atomic mass is 32.1. The van der Waals surface area contributed by atoms with Crippen molar-refractivity contribution in [2.75, 3.05) is 0 Å². The average molecular weight is 615 g/mol. The number of benzene rings is 6. The van der Waals surface area contributed by atoms with Gasteiger partial charge in [0.2, 0.25) is 0 Å². The molecule has 4 heteroatoms. The lowest BCUT2D eigenvalue weighted by atomic mass is 9.64. The fourth-order valence-corrected chi connectivity index (χ4v) is 9.40. The van der Waals surface area contributed by atoms with Crippen molar-refractivity contribution in [3.63, 3.8) is 0 Å². The predicted octanol–water partition coefficient (Wildman–Crippen LogP) is 11.2. The largest absolute Gasteiger partial charge is 0.508 e. The summed E-state index contributed by atoms with van der Waals surface area (Å²) in [6.07, 6.45) is 0. The first kappa shape index (κ1) is 26.3. The van der Waals surface area contributed by atoms with E-state index in [9.17, 15) is 10.2 Å². The molecule has 6 aromatic carbocycles. The molecule has 2 N–H and O–H groups in total. The molecule has 0 fully saturated rings. The molecular weight excluding hydrogens is 589 g/mol. The van der Waals surface area contributed by atoms with E-state index in [1.54, 1.807) is 46.9 Å². The Kier molecular flexibility index (Phi) is 5.79. The highest BCUT2D eigenvalue weighted by Gasteiger charge is 2.49. The molecule has 45 heavy (non-hydrogen) atoms. The van der Waals surface area contributed by atoms with Gasteiger partial charge in [-0.2, -0.15) is 0 Å². The maximum Gasteiger partial charge on any atom is 0.115 e. The number of fused-ring (bicyclic) bond motifs is 5. The third-order valence-electron chi connectivity index (χ3n) is 9.31. The molecule has 1 aliphatic rings. The highest BCUT2D eigenvalue weighted by molar-refractivity contribution is 7.18. The first-order valence-electron chi connectivity index (χ1n) is 14.9. The minimum atomic E-state index is -0.745. The van der Waals surface area contributed by atoms with E-state index in [4.69, 9.17) is 0 Å². The standard InChI is InChI=1S/C41H26O2S2/c42-27-19-15-25(16-20-27)41(26-17-21-28(43)22-18-26)39-31(9-5-11-33(39)35-23-44-37-13-3-1-7-29(35)37)32-10-6-12-34(40(32)41)36-24-45-38-14-4-2-8-30(36)38/h1-24,42-43H. The van der Waals surface area contributed by atoms with Gasteiger partial charge in [-0.25, -0.2) is 0 Å². The summed E-state index contributed by atoms with van der Waals surface area (Å²) in [5.41, 5.74) is 11.0. The van der Waals surface area contributed by atoms with Crippen molar-refractivity contribution >= 4 is 42.8 Å². The molecule has 0 bridgehead atoms. The van der Waals surface area contributed by atoms with E-state index in [0.717, 1.165) is 11.1 Å². The maximum atomic E-state index is 10.5. The molecule has 2 heterocycles. The Morgan fingerprint density at radius 3 is 1.18 bits per heavy atom. The molecule has 0 atom stereocenters. The SMILES string of the molecule is Oc1ccc(C2(c3ccc(O)cc3)c3c(cccc3-c3csc4ccccc34)-c3cccc(-c4csc5ccccc45)c32)cc1. The van der Waals surface area contributed by atoms with E-state index in [1.807, 2.05) is 0 Å². The van der Waals surface area contributed by atoms with Crippen LogP contribution in [0.15, 0.2) is 144 Å². The second kappa shape index (κ2) is 9.93. The van der Waals surface area contributed by atoms with Gasteiger partial charge in [-0.15, -0.1) is 22.7 Å². The van der Waals surface area contributed by atoms with Crippen molar-refractivity contribution in [1.29, 1.82) is 0 Å². The Hall–Kier alpha value is -5.16. The molecule has 8 aromatic rings. The maximum absolute atomic E-state index is 10.5. The van der Waals surface area contributed by atoms with Crippen LogP contribution < -0.4 is 0 Å². The Labute approximate surface area is 268 Å². The van der Waals surface area contributed by atoms with Crippen LogP contribution >= 0.6 is 22.7 Å². The minimum absolute atomic E-state index is 0.229. The van der Waals surface area contributed by atoms with E-state index < -0.39 is 5.41 Å². The molecule has 0 aliphatic heterocycles. The molecule has 0 spiro atoms. The number of hydrogen-bond acceptors (Lipinski definition) is 4. The molecule has 214 valence electrons. The summed E-state index contributed by atoms with van der Waals surface area (Å²) in [6.45, 7) is 0. The van der Waals surface area contributed by atoms with Gasteiger partial charge in [-0.1, -0.05) is 97.1 Å². The van der Waals surface area contributed by atoms with Crippen molar-refractivity contribution in [3.05, 3.63) is 166 Å². The molecule has 0 unspecified atom stereocenters. The van der Waals surface area contributed by atoms with Gasteiger partial charge in [0.1, 0.15) is 11.5 Å². The van der Waals surface area contributed by atoms with Crippen molar-refractivity contribution in [3.8, 4) is 44.9 Å². The first-order valence-corrected chi connectivity index (χ1v) is 16.7. The Balaban J connectivity index is 1.48. The summed E-state index contributed by atoms with van der Waals surface area (Å²) in [4.78, 5) is 0. The van der Waals surface area contributed by atoms with E-state index in [0.29, 0.717) is 0 Å². The minimum Gasteiger partial charge on any atom is -0.508 e. The molecule has 0 saturated carbocycles. The summed E-state index contributed by atoms with van der Waals surface area (Å²) < 4.78 is 2.51. The lowest BCUT2D eigenvalue weighted by Crippen LogP contribution is -2.30. The third-order valence-corrected chi connectivity index (χ3v) is 11.2. The summed E-state index contributed by atoms with van der Waals surface area (Å²) in [6, 6.07) is 46.0. The van der Waals surface area contributed by atoms with Crippen LogP contribution in [0.2, 0.25) is 0 Å². The van der Waals surface area contributed by atoms with Gasteiger partial charge in [0.05, 0.1) is 5.41 Å². The summed E-state index contributed by atoms with van der Waals surface area (Å²) in [5, 5.41) is 28.0. The van der Waals surface area contributed by atoms with E-state index >= 15 is 0 Å².